The van der Waals surface area contributed by atoms with E-state index in [2.05, 4.69) is 0 Å². The van der Waals surface area contributed by atoms with Gasteiger partial charge in [0.1, 0.15) is 17.4 Å². The fraction of sp³-hybridized carbons (Fsp3) is 0.0909. The lowest BCUT2D eigenvalue weighted by Crippen LogP contribution is -2.12. The smallest absolute Gasteiger partial charge is 0.134 e. The molecule has 1 heterocycles. The summed E-state index contributed by atoms with van der Waals surface area (Å²) in [5.74, 6) is -2.12. The van der Waals surface area contributed by atoms with Crippen LogP contribution in [0.5, 0.6) is 5.75 Å². The molecule has 92 valence electrons. The standard InChI is InChI=1S/C11H9F2NOS.ClH/c12-6-4-7(13)10(8(15)5-6)11(14)9-2-1-3-16-9;/h1-5,11,15H,14H2;1H/t11-;/m1./s1. The number of rotatable bonds is 2. The predicted molar refractivity (Wildman–Crippen MR) is 65.6 cm³/mol. The summed E-state index contributed by atoms with van der Waals surface area (Å²) in [6.45, 7) is 0. The van der Waals surface area contributed by atoms with E-state index in [1.807, 2.05) is 0 Å². The van der Waals surface area contributed by atoms with E-state index >= 15 is 0 Å². The zero-order chi connectivity index (χ0) is 11.7. The van der Waals surface area contributed by atoms with E-state index in [9.17, 15) is 13.9 Å². The first-order valence-corrected chi connectivity index (χ1v) is 5.44. The van der Waals surface area contributed by atoms with E-state index in [0.717, 1.165) is 6.07 Å². The van der Waals surface area contributed by atoms with E-state index in [-0.39, 0.29) is 18.0 Å². The van der Waals surface area contributed by atoms with Gasteiger partial charge in [0.2, 0.25) is 0 Å². The average molecular weight is 278 g/mol. The van der Waals surface area contributed by atoms with Crippen LogP contribution in [0.2, 0.25) is 0 Å². The highest BCUT2D eigenvalue weighted by atomic mass is 35.5. The quantitative estimate of drug-likeness (QED) is 0.885. The van der Waals surface area contributed by atoms with Crippen molar-refractivity contribution in [2.24, 2.45) is 5.73 Å². The molecule has 1 aromatic carbocycles. The van der Waals surface area contributed by atoms with Crippen LogP contribution >= 0.6 is 23.7 Å². The molecular weight excluding hydrogens is 268 g/mol. The van der Waals surface area contributed by atoms with Crippen molar-refractivity contribution in [3.63, 3.8) is 0 Å². The Labute approximate surface area is 107 Å². The van der Waals surface area contributed by atoms with E-state index < -0.39 is 23.4 Å². The number of nitrogens with two attached hydrogens (primary N) is 1. The SMILES string of the molecule is Cl.N[C@H](c1cccs1)c1c(O)cc(F)cc1F. The molecular formula is C11H10ClF2NOS. The predicted octanol–water partition coefficient (Wildman–Crippen LogP) is 3.20. The van der Waals surface area contributed by atoms with Crippen LogP contribution in [0.15, 0.2) is 29.6 Å². The van der Waals surface area contributed by atoms with Crippen molar-refractivity contribution >= 4 is 23.7 Å². The first kappa shape index (κ1) is 13.9. The second-order valence-corrected chi connectivity index (χ2v) is 4.29. The molecule has 0 saturated heterocycles. The Morgan fingerprint density at radius 1 is 1.29 bits per heavy atom. The zero-order valence-electron chi connectivity index (χ0n) is 8.56. The number of halogens is 3. The Kier molecular flexibility index (Phi) is 4.45. The van der Waals surface area contributed by atoms with Crippen LogP contribution in [0.4, 0.5) is 8.78 Å². The van der Waals surface area contributed by atoms with Gasteiger partial charge in [0, 0.05) is 17.0 Å². The van der Waals surface area contributed by atoms with Crippen LogP contribution in [0.3, 0.4) is 0 Å². The number of benzene rings is 1. The van der Waals surface area contributed by atoms with E-state index in [1.54, 1.807) is 17.5 Å². The van der Waals surface area contributed by atoms with Gasteiger partial charge in [-0.15, -0.1) is 23.7 Å². The Morgan fingerprint density at radius 3 is 2.53 bits per heavy atom. The molecule has 3 N–H and O–H groups in total. The van der Waals surface area contributed by atoms with Crippen LogP contribution in [-0.4, -0.2) is 5.11 Å². The lowest BCUT2D eigenvalue weighted by molar-refractivity contribution is 0.446. The molecule has 1 atom stereocenters. The number of hydrogen-bond acceptors (Lipinski definition) is 3. The van der Waals surface area contributed by atoms with Crippen molar-refractivity contribution < 1.29 is 13.9 Å². The maximum Gasteiger partial charge on any atom is 0.134 e. The van der Waals surface area contributed by atoms with Crippen molar-refractivity contribution in [2.45, 2.75) is 6.04 Å². The van der Waals surface area contributed by atoms with Crippen LogP contribution in [0.25, 0.3) is 0 Å². The van der Waals surface area contributed by atoms with Gasteiger partial charge in [0.15, 0.2) is 0 Å². The molecule has 0 aliphatic rings. The molecule has 0 aliphatic heterocycles. The van der Waals surface area contributed by atoms with Crippen LogP contribution in [0, 0.1) is 11.6 Å². The topological polar surface area (TPSA) is 46.2 Å². The molecule has 0 bridgehead atoms. The van der Waals surface area contributed by atoms with Gasteiger partial charge < -0.3 is 10.8 Å². The Hall–Kier alpha value is -1.17. The number of phenolic OH excluding ortho intramolecular Hbond substituents is 1. The molecule has 0 unspecified atom stereocenters. The second kappa shape index (κ2) is 5.44. The molecule has 6 heteroatoms. The minimum absolute atomic E-state index is 0. The first-order chi connectivity index (χ1) is 7.59. The zero-order valence-corrected chi connectivity index (χ0v) is 10.2. The summed E-state index contributed by atoms with van der Waals surface area (Å²) in [5, 5.41) is 11.3. The number of aromatic hydroxyl groups is 1. The van der Waals surface area contributed by atoms with Crippen LogP contribution < -0.4 is 5.73 Å². The summed E-state index contributed by atoms with van der Waals surface area (Å²) in [6, 6.07) is 4.30. The van der Waals surface area contributed by atoms with Crippen molar-refractivity contribution in [2.75, 3.05) is 0 Å². The highest BCUT2D eigenvalue weighted by Gasteiger charge is 2.19. The summed E-state index contributed by atoms with van der Waals surface area (Å²) in [7, 11) is 0. The van der Waals surface area contributed by atoms with Gasteiger partial charge in [-0.05, 0) is 11.4 Å². The summed E-state index contributed by atoms with van der Waals surface area (Å²) in [6.07, 6.45) is 0. The Balaban J connectivity index is 0.00000144. The van der Waals surface area contributed by atoms with Crippen molar-refractivity contribution in [1.82, 2.24) is 0 Å². The van der Waals surface area contributed by atoms with Gasteiger partial charge >= 0.3 is 0 Å². The monoisotopic (exact) mass is 277 g/mol. The van der Waals surface area contributed by atoms with E-state index in [0.29, 0.717) is 10.9 Å². The van der Waals surface area contributed by atoms with Gasteiger partial charge in [-0.25, -0.2) is 8.78 Å². The lowest BCUT2D eigenvalue weighted by atomic mass is 10.0. The molecule has 2 aromatic rings. The maximum absolute atomic E-state index is 13.5. The second-order valence-electron chi connectivity index (χ2n) is 3.31. The van der Waals surface area contributed by atoms with Gasteiger partial charge in [-0.2, -0.15) is 0 Å². The van der Waals surface area contributed by atoms with Crippen molar-refractivity contribution in [3.05, 3.63) is 51.7 Å². The number of phenols is 1. The van der Waals surface area contributed by atoms with Gasteiger partial charge in [0.25, 0.3) is 0 Å². The third-order valence-electron chi connectivity index (χ3n) is 2.23. The Morgan fingerprint density at radius 2 is 2.00 bits per heavy atom. The van der Waals surface area contributed by atoms with E-state index in [1.165, 1.54) is 11.3 Å². The minimum atomic E-state index is -0.835. The molecule has 1 aromatic heterocycles. The summed E-state index contributed by atoms with van der Waals surface area (Å²) in [5.41, 5.74) is 5.72. The van der Waals surface area contributed by atoms with Crippen LogP contribution in [-0.2, 0) is 0 Å². The molecule has 17 heavy (non-hydrogen) atoms. The molecule has 0 saturated carbocycles. The summed E-state index contributed by atoms with van der Waals surface area (Å²) >= 11 is 1.35. The molecule has 0 amide bonds. The minimum Gasteiger partial charge on any atom is -0.507 e. The van der Waals surface area contributed by atoms with Gasteiger partial charge in [-0.1, -0.05) is 6.07 Å². The average Bonchev–Trinajstić information content (AvgIpc) is 2.67. The summed E-state index contributed by atoms with van der Waals surface area (Å²) in [4.78, 5) is 0.709. The normalized spacial score (nSPS) is 11.9. The third kappa shape index (κ3) is 2.74. The molecule has 2 nitrogen and oxygen atoms in total. The fourth-order valence-corrected chi connectivity index (χ4v) is 2.23. The molecule has 2 rings (SSSR count). The maximum atomic E-state index is 13.5. The van der Waals surface area contributed by atoms with Crippen molar-refractivity contribution in [1.29, 1.82) is 0 Å². The highest BCUT2D eigenvalue weighted by molar-refractivity contribution is 7.10. The van der Waals surface area contributed by atoms with Gasteiger partial charge in [0.05, 0.1) is 11.6 Å². The molecule has 0 spiro atoms. The third-order valence-corrected chi connectivity index (χ3v) is 3.19. The highest BCUT2D eigenvalue weighted by Crippen LogP contribution is 2.32. The molecule has 0 fully saturated rings. The first-order valence-electron chi connectivity index (χ1n) is 4.56. The fourth-order valence-electron chi connectivity index (χ4n) is 1.49. The van der Waals surface area contributed by atoms with Crippen LogP contribution in [0.1, 0.15) is 16.5 Å². The number of hydrogen-bond donors (Lipinski definition) is 2. The van der Waals surface area contributed by atoms with E-state index in [4.69, 9.17) is 5.73 Å². The largest absolute Gasteiger partial charge is 0.507 e. The molecule has 0 aliphatic carbocycles. The molecule has 0 radical (unpaired) electrons. The Bertz CT molecular complexity index is 481. The lowest BCUT2D eigenvalue weighted by Gasteiger charge is -2.13. The summed E-state index contributed by atoms with van der Waals surface area (Å²) < 4.78 is 26.3. The number of thiophene rings is 1. The van der Waals surface area contributed by atoms with Crippen molar-refractivity contribution in [3.8, 4) is 5.75 Å². The van der Waals surface area contributed by atoms with Gasteiger partial charge in [-0.3, -0.25) is 0 Å².